The molecule has 2 aromatic rings. The first-order chi connectivity index (χ1) is 12.0. The number of benzene rings is 2. The number of hydrogen-bond acceptors (Lipinski definition) is 4. The Morgan fingerprint density at radius 2 is 1.68 bits per heavy atom. The van der Waals surface area contributed by atoms with E-state index in [4.69, 9.17) is 4.74 Å². The van der Waals surface area contributed by atoms with Gasteiger partial charge in [-0.1, -0.05) is 60.7 Å². The molecule has 2 aromatic carbocycles. The van der Waals surface area contributed by atoms with Crippen LogP contribution in [0.5, 0.6) is 0 Å². The maximum atomic E-state index is 12.8. The highest BCUT2D eigenvalue weighted by Gasteiger charge is 2.41. The van der Waals surface area contributed by atoms with E-state index in [-0.39, 0.29) is 24.5 Å². The number of carbonyl (C=O) groups excluding carboxylic acids is 1. The van der Waals surface area contributed by atoms with Gasteiger partial charge in [0.2, 0.25) is 10.0 Å². The molecule has 130 valence electrons. The van der Waals surface area contributed by atoms with Crippen molar-refractivity contribution in [2.75, 3.05) is 6.54 Å². The SMILES string of the molecule is C=C1CC(C(=O)OCc2ccccc2)N(S(=O)(=O)c2ccccc2)C1. The van der Waals surface area contributed by atoms with Crippen molar-refractivity contribution >= 4 is 16.0 Å². The van der Waals surface area contributed by atoms with Crippen molar-refractivity contribution in [3.05, 3.63) is 78.4 Å². The van der Waals surface area contributed by atoms with E-state index >= 15 is 0 Å². The molecule has 25 heavy (non-hydrogen) atoms. The van der Waals surface area contributed by atoms with Crippen molar-refractivity contribution < 1.29 is 17.9 Å². The van der Waals surface area contributed by atoms with E-state index in [0.29, 0.717) is 5.57 Å². The van der Waals surface area contributed by atoms with Gasteiger partial charge in [0, 0.05) is 6.54 Å². The highest BCUT2D eigenvalue weighted by Crippen LogP contribution is 2.29. The molecule has 5 nitrogen and oxygen atoms in total. The normalized spacial score (nSPS) is 18.2. The Morgan fingerprint density at radius 1 is 1.08 bits per heavy atom. The number of sulfonamides is 1. The molecule has 1 saturated heterocycles. The lowest BCUT2D eigenvalue weighted by Gasteiger charge is -2.22. The van der Waals surface area contributed by atoms with Gasteiger partial charge in [-0.15, -0.1) is 0 Å². The lowest BCUT2D eigenvalue weighted by Crippen LogP contribution is -2.41. The van der Waals surface area contributed by atoms with E-state index < -0.39 is 22.0 Å². The summed E-state index contributed by atoms with van der Waals surface area (Å²) in [5, 5.41) is 0. The Labute approximate surface area is 147 Å². The second kappa shape index (κ2) is 7.21. The Kier molecular flexibility index (Phi) is 5.01. The number of esters is 1. The van der Waals surface area contributed by atoms with Gasteiger partial charge >= 0.3 is 5.97 Å². The highest BCUT2D eigenvalue weighted by atomic mass is 32.2. The van der Waals surface area contributed by atoms with Crippen LogP contribution >= 0.6 is 0 Å². The molecule has 0 saturated carbocycles. The topological polar surface area (TPSA) is 63.7 Å². The van der Waals surface area contributed by atoms with Gasteiger partial charge in [0.15, 0.2) is 0 Å². The first-order valence-corrected chi connectivity index (χ1v) is 9.36. The van der Waals surface area contributed by atoms with E-state index in [2.05, 4.69) is 6.58 Å². The number of hydrogen-bond donors (Lipinski definition) is 0. The number of rotatable bonds is 5. The van der Waals surface area contributed by atoms with Crippen molar-refractivity contribution in [1.29, 1.82) is 0 Å². The molecule has 0 aliphatic carbocycles. The Morgan fingerprint density at radius 3 is 2.32 bits per heavy atom. The third kappa shape index (κ3) is 3.81. The minimum atomic E-state index is -3.78. The summed E-state index contributed by atoms with van der Waals surface area (Å²) in [6.07, 6.45) is 0.277. The van der Waals surface area contributed by atoms with E-state index in [1.54, 1.807) is 18.2 Å². The van der Waals surface area contributed by atoms with Crippen LogP contribution in [-0.2, 0) is 26.2 Å². The Balaban J connectivity index is 1.77. The van der Waals surface area contributed by atoms with Gasteiger partial charge in [-0.25, -0.2) is 8.42 Å². The molecule has 1 fully saturated rings. The van der Waals surface area contributed by atoms with Gasteiger partial charge in [0.1, 0.15) is 12.6 Å². The fourth-order valence-corrected chi connectivity index (χ4v) is 4.40. The summed E-state index contributed by atoms with van der Waals surface area (Å²) in [6.45, 7) is 4.09. The van der Waals surface area contributed by atoms with Gasteiger partial charge in [0.25, 0.3) is 0 Å². The van der Waals surface area contributed by atoms with Crippen LogP contribution in [0.4, 0.5) is 0 Å². The van der Waals surface area contributed by atoms with Crippen molar-refractivity contribution in [2.45, 2.75) is 24.0 Å². The quantitative estimate of drug-likeness (QED) is 0.610. The maximum Gasteiger partial charge on any atom is 0.325 e. The van der Waals surface area contributed by atoms with Crippen LogP contribution in [0, 0.1) is 0 Å². The molecule has 0 aromatic heterocycles. The zero-order valence-corrected chi connectivity index (χ0v) is 14.5. The minimum absolute atomic E-state index is 0.113. The zero-order chi connectivity index (χ0) is 17.9. The fraction of sp³-hybridized carbons (Fsp3) is 0.211. The molecule has 1 aliphatic heterocycles. The molecular weight excluding hydrogens is 338 g/mol. The number of ether oxygens (including phenoxy) is 1. The highest BCUT2D eigenvalue weighted by molar-refractivity contribution is 7.89. The molecule has 1 atom stereocenters. The molecule has 3 rings (SSSR count). The van der Waals surface area contributed by atoms with Gasteiger partial charge in [0.05, 0.1) is 4.90 Å². The summed E-state index contributed by atoms with van der Waals surface area (Å²) >= 11 is 0. The molecule has 1 heterocycles. The first kappa shape index (κ1) is 17.4. The predicted octanol–water partition coefficient (Wildman–Crippen LogP) is 2.75. The van der Waals surface area contributed by atoms with Gasteiger partial charge in [-0.3, -0.25) is 4.79 Å². The summed E-state index contributed by atoms with van der Waals surface area (Å²) in [5.41, 5.74) is 1.55. The lowest BCUT2D eigenvalue weighted by molar-refractivity contribution is -0.148. The van der Waals surface area contributed by atoms with E-state index in [1.807, 2.05) is 30.3 Å². The lowest BCUT2D eigenvalue weighted by atomic mass is 10.2. The van der Waals surface area contributed by atoms with Crippen LogP contribution in [0.3, 0.4) is 0 Å². The zero-order valence-electron chi connectivity index (χ0n) is 13.7. The molecule has 0 bridgehead atoms. The second-order valence-electron chi connectivity index (χ2n) is 5.93. The first-order valence-electron chi connectivity index (χ1n) is 7.92. The number of carbonyl (C=O) groups is 1. The second-order valence-corrected chi connectivity index (χ2v) is 7.82. The molecule has 0 spiro atoms. The molecule has 0 N–H and O–H groups in total. The van der Waals surface area contributed by atoms with E-state index in [1.165, 1.54) is 16.4 Å². The van der Waals surface area contributed by atoms with Crippen LogP contribution in [0.1, 0.15) is 12.0 Å². The standard InChI is InChI=1S/C19H19NO4S/c1-15-12-18(19(21)24-14-16-8-4-2-5-9-16)20(13-15)25(22,23)17-10-6-3-7-11-17/h2-11,18H,1,12-14H2. The summed E-state index contributed by atoms with van der Waals surface area (Å²) < 4.78 is 32.2. The van der Waals surface area contributed by atoms with Crippen molar-refractivity contribution in [3.63, 3.8) is 0 Å². The van der Waals surface area contributed by atoms with Gasteiger partial charge in [-0.05, 0) is 24.1 Å². The summed E-state index contributed by atoms with van der Waals surface area (Å²) in [4.78, 5) is 12.6. The molecule has 1 aliphatic rings. The largest absolute Gasteiger partial charge is 0.460 e. The van der Waals surface area contributed by atoms with Gasteiger partial charge < -0.3 is 4.74 Å². The minimum Gasteiger partial charge on any atom is -0.460 e. The molecule has 6 heteroatoms. The fourth-order valence-electron chi connectivity index (χ4n) is 2.78. The van der Waals surface area contributed by atoms with Crippen LogP contribution in [0.2, 0.25) is 0 Å². The average molecular weight is 357 g/mol. The third-order valence-electron chi connectivity index (χ3n) is 4.05. The van der Waals surface area contributed by atoms with Crippen molar-refractivity contribution in [1.82, 2.24) is 4.31 Å². The van der Waals surface area contributed by atoms with Crippen LogP contribution in [0.25, 0.3) is 0 Å². The Hall–Kier alpha value is -2.44. The van der Waals surface area contributed by atoms with Crippen molar-refractivity contribution in [3.8, 4) is 0 Å². The van der Waals surface area contributed by atoms with Crippen LogP contribution in [-0.4, -0.2) is 31.3 Å². The summed E-state index contributed by atoms with van der Waals surface area (Å²) in [7, 11) is -3.78. The summed E-state index contributed by atoms with van der Waals surface area (Å²) in [6, 6.07) is 16.5. The van der Waals surface area contributed by atoms with Crippen LogP contribution < -0.4 is 0 Å². The molecule has 0 radical (unpaired) electrons. The number of nitrogens with zero attached hydrogens (tertiary/aromatic N) is 1. The monoisotopic (exact) mass is 357 g/mol. The van der Waals surface area contributed by atoms with Crippen molar-refractivity contribution in [2.24, 2.45) is 0 Å². The van der Waals surface area contributed by atoms with E-state index in [9.17, 15) is 13.2 Å². The van der Waals surface area contributed by atoms with Gasteiger partial charge in [-0.2, -0.15) is 4.31 Å². The maximum absolute atomic E-state index is 12.8. The van der Waals surface area contributed by atoms with E-state index in [0.717, 1.165) is 5.56 Å². The third-order valence-corrected chi connectivity index (χ3v) is 5.92. The smallest absolute Gasteiger partial charge is 0.325 e. The summed E-state index contributed by atoms with van der Waals surface area (Å²) in [5.74, 6) is -0.554. The molecule has 1 unspecified atom stereocenters. The Bertz CT molecular complexity index is 863. The molecule has 0 amide bonds. The predicted molar refractivity (Wildman–Crippen MR) is 94.1 cm³/mol. The average Bonchev–Trinajstić information content (AvgIpc) is 3.04. The van der Waals surface area contributed by atoms with Crippen LogP contribution in [0.15, 0.2) is 77.7 Å². The molecular formula is C19H19NO4S.